The first-order chi connectivity index (χ1) is 7.85. The van der Waals surface area contributed by atoms with Crippen LogP contribution in [0.15, 0.2) is 0 Å². The normalized spacial score (nSPS) is 15.1. The Kier molecular flexibility index (Phi) is 7.39. The van der Waals surface area contributed by atoms with Gasteiger partial charge in [-0.25, -0.2) is 0 Å². The Labute approximate surface area is 105 Å². The largest absolute Gasteiger partial charge is 0.468 e. The molecular formula is C13H28N2O2. The van der Waals surface area contributed by atoms with Gasteiger partial charge in [-0.3, -0.25) is 9.69 Å². The molecule has 0 aromatic heterocycles. The number of hydrogen-bond donors (Lipinski definition) is 1. The third kappa shape index (κ3) is 6.03. The molecule has 0 aliphatic carbocycles. The summed E-state index contributed by atoms with van der Waals surface area (Å²) < 4.78 is 4.73. The lowest BCUT2D eigenvalue weighted by atomic mass is 10.0. The van der Waals surface area contributed by atoms with Crippen molar-refractivity contribution in [3.05, 3.63) is 0 Å². The first kappa shape index (κ1) is 16.4. The molecule has 0 saturated carbocycles. The summed E-state index contributed by atoms with van der Waals surface area (Å²) in [5, 5.41) is 0. The number of carbonyl (C=O) groups is 1. The van der Waals surface area contributed by atoms with Crippen molar-refractivity contribution >= 4 is 5.97 Å². The molecule has 0 radical (unpaired) electrons. The minimum Gasteiger partial charge on any atom is -0.468 e. The summed E-state index contributed by atoms with van der Waals surface area (Å²) in [7, 11) is 1.38. The summed E-state index contributed by atoms with van der Waals surface area (Å²) in [6, 6.07) is 0.388. The Morgan fingerprint density at radius 2 is 2.00 bits per heavy atom. The third-order valence-corrected chi connectivity index (χ3v) is 2.96. The van der Waals surface area contributed by atoms with Gasteiger partial charge in [0.2, 0.25) is 0 Å². The second kappa shape index (κ2) is 7.67. The quantitative estimate of drug-likeness (QED) is 0.522. The Morgan fingerprint density at radius 1 is 1.41 bits per heavy atom. The second-order valence-electron chi connectivity index (χ2n) is 5.18. The van der Waals surface area contributed by atoms with Gasteiger partial charge in [-0.05, 0) is 33.7 Å². The molecule has 0 aliphatic heterocycles. The SMILES string of the molecule is CCCCCN(CC(C)(N)C(=O)OC)C(C)C. The monoisotopic (exact) mass is 244 g/mol. The highest BCUT2D eigenvalue weighted by Crippen LogP contribution is 2.10. The van der Waals surface area contributed by atoms with E-state index in [2.05, 4.69) is 25.7 Å². The molecule has 0 aliphatic rings. The van der Waals surface area contributed by atoms with Crippen molar-refractivity contribution in [2.75, 3.05) is 20.2 Å². The summed E-state index contributed by atoms with van der Waals surface area (Å²) in [6.45, 7) is 9.68. The van der Waals surface area contributed by atoms with E-state index >= 15 is 0 Å². The van der Waals surface area contributed by atoms with Gasteiger partial charge in [-0.1, -0.05) is 19.8 Å². The van der Waals surface area contributed by atoms with Crippen molar-refractivity contribution in [3.63, 3.8) is 0 Å². The summed E-state index contributed by atoms with van der Waals surface area (Å²) >= 11 is 0. The number of hydrogen-bond acceptors (Lipinski definition) is 4. The molecule has 102 valence electrons. The number of methoxy groups -OCH3 is 1. The van der Waals surface area contributed by atoms with Crippen LogP contribution in [0.4, 0.5) is 0 Å². The first-order valence-corrected chi connectivity index (χ1v) is 6.46. The van der Waals surface area contributed by atoms with Gasteiger partial charge in [-0.2, -0.15) is 0 Å². The molecule has 0 saturated heterocycles. The molecule has 0 fully saturated rings. The Hall–Kier alpha value is -0.610. The summed E-state index contributed by atoms with van der Waals surface area (Å²) in [4.78, 5) is 13.8. The summed E-state index contributed by atoms with van der Waals surface area (Å²) in [5.74, 6) is -0.348. The van der Waals surface area contributed by atoms with Crippen LogP contribution in [0.1, 0.15) is 47.0 Å². The molecule has 4 heteroatoms. The Morgan fingerprint density at radius 3 is 2.41 bits per heavy atom. The highest BCUT2D eigenvalue weighted by atomic mass is 16.5. The van der Waals surface area contributed by atoms with E-state index in [1.54, 1.807) is 6.92 Å². The van der Waals surface area contributed by atoms with Crippen LogP contribution in [0.3, 0.4) is 0 Å². The standard InChI is InChI=1S/C13H28N2O2/c1-6-7-8-9-15(11(2)3)10-13(4,14)12(16)17-5/h11H,6-10,14H2,1-5H3. The van der Waals surface area contributed by atoms with E-state index in [1.807, 2.05) is 0 Å². The van der Waals surface area contributed by atoms with E-state index in [1.165, 1.54) is 20.0 Å². The molecule has 0 aromatic rings. The molecule has 0 bridgehead atoms. The number of carbonyl (C=O) groups excluding carboxylic acids is 1. The highest BCUT2D eigenvalue weighted by Gasteiger charge is 2.32. The van der Waals surface area contributed by atoms with Crippen LogP contribution in [0.5, 0.6) is 0 Å². The fourth-order valence-corrected chi connectivity index (χ4v) is 1.80. The van der Waals surface area contributed by atoms with Crippen LogP contribution < -0.4 is 5.73 Å². The third-order valence-electron chi connectivity index (χ3n) is 2.96. The van der Waals surface area contributed by atoms with Gasteiger partial charge in [0.1, 0.15) is 5.54 Å². The number of rotatable bonds is 8. The predicted octanol–water partition coefficient (Wildman–Crippen LogP) is 1.78. The molecule has 0 rings (SSSR count). The van der Waals surface area contributed by atoms with Crippen LogP contribution >= 0.6 is 0 Å². The van der Waals surface area contributed by atoms with Gasteiger partial charge in [0.05, 0.1) is 7.11 Å². The van der Waals surface area contributed by atoms with Gasteiger partial charge < -0.3 is 10.5 Å². The summed E-state index contributed by atoms with van der Waals surface area (Å²) in [5.41, 5.74) is 5.07. The number of ether oxygens (including phenoxy) is 1. The van der Waals surface area contributed by atoms with Crippen LogP contribution in [0.2, 0.25) is 0 Å². The van der Waals surface area contributed by atoms with E-state index < -0.39 is 5.54 Å². The molecule has 0 spiro atoms. The molecular weight excluding hydrogens is 216 g/mol. The van der Waals surface area contributed by atoms with E-state index in [-0.39, 0.29) is 5.97 Å². The van der Waals surface area contributed by atoms with E-state index in [0.717, 1.165) is 13.0 Å². The zero-order valence-electron chi connectivity index (χ0n) is 12.0. The van der Waals surface area contributed by atoms with Gasteiger partial charge in [-0.15, -0.1) is 0 Å². The minimum absolute atomic E-state index is 0.348. The van der Waals surface area contributed by atoms with Crippen LogP contribution in [-0.4, -0.2) is 42.6 Å². The molecule has 1 atom stereocenters. The van der Waals surface area contributed by atoms with E-state index in [0.29, 0.717) is 12.6 Å². The number of nitrogens with two attached hydrogens (primary N) is 1. The predicted molar refractivity (Wildman–Crippen MR) is 70.8 cm³/mol. The van der Waals surface area contributed by atoms with E-state index in [4.69, 9.17) is 10.5 Å². The van der Waals surface area contributed by atoms with Crippen molar-refractivity contribution in [3.8, 4) is 0 Å². The van der Waals surface area contributed by atoms with Gasteiger partial charge >= 0.3 is 5.97 Å². The molecule has 4 nitrogen and oxygen atoms in total. The maximum Gasteiger partial charge on any atom is 0.326 e. The van der Waals surface area contributed by atoms with Crippen LogP contribution in [0.25, 0.3) is 0 Å². The number of nitrogens with zero attached hydrogens (tertiary/aromatic N) is 1. The topological polar surface area (TPSA) is 55.6 Å². The molecule has 1 unspecified atom stereocenters. The zero-order valence-corrected chi connectivity index (χ0v) is 12.0. The lowest BCUT2D eigenvalue weighted by Gasteiger charge is -2.33. The average Bonchev–Trinajstić information content (AvgIpc) is 2.26. The highest BCUT2D eigenvalue weighted by molar-refractivity contribution is 5.80. The van der Waals surface area contributed by atoms with Crippen LogP contribution in [-0.2, 0) is 9.53 Å². The minimum atomic E-state index is -0.925. The number of unbranched alkanes of at least 4 members (excludes halogenated alkanes) is 2. The Balaban J connectivity index is 4.37. The van der Waals surface area contributed by atoms with Crippen molar-refractivity contribution in [2.45, 2.75) is 58.5 Å². The number of esters is 1. The van der Waals surface area contributed by atoms with Gasteiger partial charge in [0, 0.05) is 12.6 Å². The summed E-state index contributed by atoms with van der Waals surface area (Å²) in [6.07, 6.45) is 3.55. The maximum absolute atomic E-state index is 11.5. The average molecular weight is 244 g/mol. The fourth-order valence-electron chi connectivity index (χ4n) is 1.80. The Bertz CT molecular complexity index is 227. The van der Waals surface area contributed by atoms with Gasteiger partial charge in [0.25, 0.3) is 0 Å². The van der Waals surface area contributed by atoms with E-state index in [9.17, 15) is 4.79 Å². The maximum atomic E-state index is 11.5. The lowest BCUT2D eigenvalue weighted by molar-refractivity contribution is -0.147. The molecule has 0 heterocycles. The van der Waals surface area contributed by atoms with Crippen molar-refractivity contribution < 1.29 is 9.53 Å². The second-order valence-corrected chi connectivity index (χ2v) is 5.18. The zero-order chi connectivity index (χ0) is 13.5. The molecule has 17 heavy (non-hydrogen) atoms. The smallest absolute Gasteiger partial charge is 0.326 e. The first-order valence-electron chi connectivity index (χ1n) is 6.46. The van der Waals surface area contributed by atoms with Crippen molar-refractivity contribution in [1.82, 2.24) is 4.90 Å². The lowest BCUT2D eigenvalue weighted by Crippen LogP contribution is -2.55. The van der Waals surface area contributed by atoms with Crippen molar-refractivity contribution in [1.29, 1.82) is 0 Å². The fraction of sp³-hybridized carbons (Fsp3) is 0.923. The molecule has 2 N–H and O–H groups in total. The van der Waals surface area contributed by atoms with Crippen molar-refractivity contribution in [2.24, 2.45) is 5.73 Å². The molecule has 0 amide bonds. The van der Waals surface area contributed by atoms with Crippen LogP contribution in [0, 0.1) is 0 Å². The van der Waals surface area contributed by atoms with Gasteiger partial charge in [0.15, 0.2) is 0 Å². The molecule has 0 aromatic carbocycles.